The molecular formula is C15H20N2O3S. The molecule has 21 heavy (non-hydrogen) atoms. The van der Waals surface area contributed by atoms with Gasteiger partial charge < -0.3 is 10.2 Å². The van der Waals surface area contributed by atoms with Gasteiger partial charge in [0.2, 0.25) is 5.91 Å². The summed E-state index contributed by atoms with van der Waals surface area (Å²) < 4.78 is 22.8. The van der Waals surface area contributed by atoms with Crippen LogP contribution in [0, 0.1) is 0 Å². The number of fused-ring (bicyclic) bond motifs is 1. The van der Waals surface area contributed by atoms with Crippen molar-refractivity contribution in [3.8, 4) is 0 Å². The number of nitrogens with one attached hydrogen (secondary N) is 1. The average molecular weight is 308 g/mol. The topological polar surface area (TPSA) is 66.5 Å². The van der Waals surface area contributed by atoms with Crippen LogP contribution in [0.2, 0.25) is 0 Å². The summed E-state index contributed by atoms with van der Waals surface area (Å²) in [6.45, 7) is 1.17. The standard InChI is InChI=1S/C15H20N2O3S/c18-15(16-13-7-9-21(19,20)11-13)10-17-8-3-5-12-4-1-2-6-14(12)17/h1-2,4,6,13H,3,5,7-11H2,(H,16,18)/t13-/m1/s1. The molecule has 0 bridgehead atoms. The van der Waals surface area contributed by atoms with E-state index in [4.69, 9.17) is 0 Å². The highest BCUT2D eigenvalue weighted by atomic mass is 32.2. The van der Waals surface area contributed by atoms with Gasteiger partial charge in [0.15, 0.2) is 9.84 Å². The van der Waals surface area contributed by atoms with Gasteiger partial charge in [-0.05, 0) is 30.9 Å². The molecule has 0 saturated carbocycles. The molecule has 6 heteroatoms. The Hall–Kier alpha value is -1.56. The highest BCUT2D eigenvalue weighted by Crippen LogP contribution is 2.26. The Morgan fingerprint density at radius 3 is 2.90 bits per heavy atom. The number of benzene rings is 1. The zero-order valence-corrected chi connectivity index (χ0v) is 12.7. The summed E-state index contributed by atoms with van der Waals surface area (Å²) in [5, 5.41) is 2.85. The van der Waals surface area contributed by atoms with Gasteiger partial charge in [0.25, 0.3) is 0 Å². The van der Waals surface area contributed by atoms with Crippen molar-refractivity contribution in [2.24, 2.45) is 0 Å². The van der Waals surface area contributed by atoms with E-state index in [1.807, 2.05) is 18.2 Å². The lowest BCUT2D eigenvalue weighted by atomic mass is 10.0. The van der Waals surface area contributed by atoms with E-state index in [9.17, 15) is 13.2 Å². The molecule has 3 rings (SSSR count). The maximum atomic E-state index is 12.1. The fourth-order valence-corrected chi connectivity index (χ4v) is 4.80. The van der Waals surface area contributed by atoms with Gasteiger partial charge in [-0.3, -0.25) is 4.79 Å². The number of aryl methyl sites for hydroxylation is 1. The molecule has 0 unspecified atom stereocenters. The lowest BCUT2D eigenvalue weighted by Crippen LogP contribution is -2.44. The first-order valence-electron chi connectivity index (χ1n) is 7.36. The van der Waals surface area contributed by atoms with Gasteiger partial charge in [0.05, 0.1) is 18.1 Å². The van der Waals surface area contributed by atoms with Crippen LogP contribution in [0.1, 0.15) is 18.4 Å². The van der Waals surface area contributed by atoms with Crippen LogP contribution in [0.4, 0.5) is 5.69 Å². The number of nitrogens with zero attached hydrogens (tertiary/aromatic N) is 1. The van der Waals surface area contributed by atoms with Crippen LogP contribution >= 0.6 is 0 Å². The summed E-state index contributed by atoms with van der Waals surface area (Å²) in [4.78, 5) is 14.2. The molecule has 114 valence electrons. The normalized spacial score (nSPS) is 23.6. The number of sulfone groups is 1. The van der Waals surface area contributed by atoms with E-state index in [0.29, 0.717) is 13.0 Å². The third-order valence-electron chi connectivity index (χ3n) is 4.14. The largest absolute Gasteiger partial charge is 0.362 e. The molecule has 1 saturated heterocycles. The third kappa shape index (κ3) is 3.37. The highest BCUT2D eigenvalue weighted by molar-refractivity contribution is 7.91. The van der Waals surface area contributed by atoms with E-state index in [1.54, 1.807) is 0 Å². The van der Waals surface area contributed by atoms with Crippen molar-refractivity contribution in [2.75, 3.05) is 29.5 Å². The van der Waals surface area contributed by atoms with Crippen LogP contribution in [0.15, 0.2) is 24.3 Å². The zero-order chi connectivity index (χ0) is 14.9. The van der Waals surface area contributed by atoms with Crippen LogP contribution in [0.3, 0.4) is 0 Å². The second-order valence-corrected chi connectivity index (χ2v) is 8.05. The maximum Gasteiger partial charge on any atom is 0.239 e. The Balaban J connectivity index is 1.61. The SMILES string of the molecule is O=C(CN1CCCc2ccccc21)N[C@@H]1CCS(=O)(=O)C1. The van der Waals surface area contributed by atoms with Gasteiger partial charge in [-0.2, -0.15) is 0 Å². The number of carbonyl (C=O) groups is 1. The first-order chi connectivity index (χ1) is 10.0. The van der Waals surface area contributed by atoms with Crippen molar-refractivity contribution >= 4 is 21.4 Å². The average Bonchev–Trinajstić information content (AvgIpc) is 2.78. The summed E-state index contributed by atoms with van der Waals surface area (Å²) in [6, 6.07) is 7.93. The molecule has 0 spiro atoms. The van der Waals surface area contributed by atoms with E-state index in [0.717, 1.165) is 25.1 Å². The van der Waals surface area contributed by atoms with E-state index in [2.05, 4.69) is 16.3 Å². The fourth-order valence-electron chi connectivity index (χ4n) is 3.13. The molecule has 1 fully saturated rings. The van der Waals surface area contributed by atoms with Crippen LogP contribution in [0.5, 0.6) is 0 Å². The Bertz CT molecular complexity index is 642. The van der Waals surface area contributed by atoms with Crippen molar-refractivity contribution in [1.82, 2.24) is 5.32 Å². The Kier molecular flexibility index (Phi) is 3.89. The van der Waals surface area contributed by atoms with E-state index >= 15 is 0 Å². The van der Waals surface area contributed by atoms with Gasteiger partial charge >= 0.3 is 0 Å². The smallest absolute Gasteiger partial charge is 0.239 e. The minimum atomic E-state index is -2.95. The Labute approximate surface area is 125 Å². The summed E-state index contributed by atoms with van der Waals surface area (Å²) in [6.07, 6.45) is 2.63. The van der Waals surface area contributed by atoms with Gasteiger partial charge in [-0.15, -0.1) is 0 Å². The van der Waals surface area contributed by atoms with Crippen LogP contribution < -0.4 is 10.2 Å². The molecular weight excluding hydrogens is 288 g/mol. The Morgan fingerprint density at radius 1 is 1.33 bits per heavy atom. The predicted molar refractivity (Wildman–Crippen MR) is 82.2 cm³/mol. The minimum Gasteiger partial charge on any atom is -0.362 e. The quantitative estimate of drug-likeness (QED) is 0.894. The van der Waals surface area contributed by atoms with Crippen LogP contribution in [-0.4, -0.2) is 45.0 Å². The summed E-state index contributed by atoms with van der Waals surface area (Å²) >= 11 is 0. The van der Waals surface area contributed by atoms with Crippen molar-refractivity contribution in [3.63, 3.8) is 0 Å². The number of hydrogen-bond donors (Lipinski definition) is 1. The third-order valence-corrected chi connectivity index (χ3v) is 5.91. The zero-order valence-electron chi connectivity index (χ0n) is 11.9. The van der Waals surface area contributed by atoms with Crippen LogP contribution in [0.25, 0.3) is 0 Å². The number of para-hydroxylation sites is 1. The lowest BCUT2D eigenvalue weighted by molar-refractivity contribution is -0.120. The minimum absolute atomic E-state index is 0.0787. The Morgan fingerprint density at radius 2 is 2.14 bits per heavy atom. The maximum absolute atomic E-state index is 12.1. The lowest BCUT2D eigenvalue weighted by Gasteiger charge is -2.31. The molecule has 0 aromatic heterocycles. The second-order valence-electron chi connectivity index (χ2n) is 5.82. The van der Waals surface area contributed by atoms with E-state index in [-0.39, 0.29) is 23.5 Å². The van der Waals surface area contributed by atoms with Gasteiger partial charge in [-0.25, -0.2) is 8.42 Å². The van der Waals surface area contributed by atoms with Gasteiger partial charge in [-0.1, -0.05) is 18.2 Å². The van der Waals surface area contributed by atoms with Gasteiger partial charge in [0, 0.05) is 18.3 Å². The molecule has 2 aliphatic heterocycles. The van der Waals surface area contributed by atoms with Crippen molar-refractivity contribution in [3.05, 3.63) is 29.8 Å². The summed E-state index contributed by atoms with van der Waals surface area (Å²) in [7, 11) is -2.95. The highest BCUT2D eigenvalue weighted by Gasteiger charge is 2.29. The number of amides is 1. The molecule has 0 radical (unpaired) electrons. The molecule has 1 aromatic carbocycles. The van der Waals surface area contributed by atoms with E-state index < -0.39 is 9.84 Å². The molecule has 1 atom stereocenters. The summed E-state index contributed by atoms with van der Waals surface area (Å²) in [5.74, 6) is 0.175. The van der Waals surface area contributed by atoms with Crippen molar-refractivity contribution < 1.29 is 13.2 Å². The number of carbonyl (C=O) groups excluding carboxylic acids is 1. The van der Waals surface area contributed by atoms with Gasteiger partial charge in [0.1, 0.15) is 0 Å². The number of anilines is 1. The molecule has 1 N–H and O–H groups in total. The molecule has 2 aliphatic rings. The molecule has 5 nitrogen and oxygen atoms in total. The van der Waals surface area contributed by atoms with Crippen molar-refractivity contribution in [1.29, 1.82) is 0 Å². The monoisotopic (exact) mass is 308 g/mol. The number of rotatable bonds is 3. The number of hydrogen-bond acceptors (Lipinski definition) is 4. The first kappa shape index (κ1) is 14.4. The van der Waals surface area contributed by atoms with Crippen LogP contribution in [-0.2, 0) is 21.1 Å². The second kappa shape index (κ2) is 5.67. The first-order valence-corrected chi connectivity index (χ1v) is 9.18. The fraction of sp³-hybridized carbons (Fsp3) is 0.533. The van der Waals surface area contributed by atoms with E-state index in [1.165, 1.54) is 5.56 Å². The summed E-state index contributed by atoms with van der Waals surface area (Å²) in [5.41, 5.74) is 2.40. The predicted octanol–water partition coefficient (Wildman–Crippen LogP) is 0.742. The molecule has 0 aliphatic carbocycles. The molecule has 2 heterocycles. The molecule has 1 amide bonds. The van der Waals surface area contributed by atoms with Crippen molar-refractivity contribution in [2.45, 2.75) is 25.3 Å². The molecule has 1 aromatic rings.